The molecule has 0 unspecified atom stereocenters. The Morgan fingerprint density at radius 1 is 1.25 bits per heavy atom. The number of unbranched alkanes of at least 4 members (excludes halogenated alkanes) is 1. The minimum atomic E-state index is -0.923. The first kappa shape index (κ1) is 16.0. The Labute approximate surface area is 119 Å². The molecule has 5 heteroatoms. The predicted molar refractivity (Wildman–Crippen MR) is 77.1 cm³/mol. The van der Waals surface area contributed by atoms with Crippen LogP contribution in [0.15, 0.2) is 24.3 Å². The maximum Gasteiger partial charge on any atom is 0.305 e. The molecule has 0 radical (unpaired) electrons. The lowest BCUT2D eigenvalue weighted by Gasteiger charge is -2.24. The van der Waals surface area contributed by atoms with Crippen LogP contribution in [0.3, 0.4) is 0 Å². The fraction of sp³-hybridized carbons (Fsp3) is 0.467. The van der Waals surface area contributed by atoms with E-state index in [0.29, 0.717) is 17.9 Å². The van der Waals surface area contributed by atoms with Crippen LogP contribution in [-0.4, -0.2) is 30.6 Å². The van der Waals surface area contributed by atoms with E-state index < -0.39 is 5.97 Å². The molecule has 0 aliphatic heterocycles. The van der Waals surface area contributed by atoms with Crippen molar-refractivity contribution < 1.29 is 19.4 Å². The van der Waals surface area contributed by atoms with Crippen LogP contribution >= 0.6 is 0 Å². The Kier molecular flexibility index (Phi) is 6.56. The number of methoxy groups -OCH3 is 1. The van der Waals surface area contributed by atoms with Crippen LogP contribution in [0.5, 0.6) is 5.75 Å². The molecule has 0 spiro atoms. The van der Waals surface area contributed by atoms with Gasteiger partial charge in [-0.1, -0.05) is 25.5 Å². The first-order valence-electron chi connectivity index (χ1n) is 6.75. The molecule has 5 nitrogen and oxygen atoms in total. The standard InChI is InChI=1S/C15H21NO4/c1-3-4-9-14(17)16(11-10-15(18)19)12-7-5-6-8-13(12)20-2/h5-8H,3-4,9-11H2,1-2H3,(H,18,19). The number of anilines is 1. The lowest BCUT2D eigenvalue weighted by atomic mass is 10.2. The topological polar surface area (TPSA) is 66.8 Å². The summed E-state index contributed by atoms with van der Waals surface area (Å²) in [5.74, 6) is -0.423. The van der Waals surface area contributed by atoms with Crippen molar-refractivity contribution in [3.8, 4) is 5.75 Å². The van der Waals surface area contributed by atoms with E-state index >= 15 is 0 Å². The van der Waals surface area contributed by atoms with Gasteiger partial charge in [-0.2, -0.15) is 0 Å². The summed E-state index contributed by atoms with van der Waals surface area (Å²) in [6.07, 6.45) is 2.03. The second-order valence-electron chi connectivity index (χ2n) is 4.46. The molecule has 1 aromatic rings. The molecule has 1 N–H and O–H groups in total. The quantitative estimate of drug-likeness (QED) is 0.794. The van der Waals surface area contributed by atoms with Crippen LogP contribution in [0, 0.1) is 0 Å². The van der Waals surface area contributed by atoms with Crippen LogP contribution in [-0.2, 0) is 9.59 Å². The van der Waals surface area contributed by atoms with E-state index in [1.807, 2.05) is 13.0 Å². The van der Waals surface area contributed by atoms with Crippen molar-refractivity contribution in [2.75, 3.05) is 18.6 Å². The zero-order chi connectivity index (χ0) is 15.0. The van der Waals surface area contributed by atoms with Gasteiger partial charge in [-0.15, -0.1) is 0 Å². The maximum atomic E-state index is 12.3. The molecule has 1 amide bonds. The molecule has 0 aliphatic rings. The lowest BCUT2D eigenvalue weighted by Crippen LogP contribution is -2.33. The molecular weight excluding hydrogens is 258 g/mol. The van der Waals surface area contributed by atoms with Gasteiger partial charge in [-0.05, 0) is 18.6 Å². The highest BCUT2D eigenvalue weighted by atomic mass is 16.5. The Bertz CT molecular complexity index is 459. The average Bonchev–Trinajstić information content (AvgIpc) is 2.45. The van der Waals surface area contributed by atoms with E-state index in [9.17, 15) is 9.59 Å². The summed E-state index contributed by atoms with van der Waals surface area (Å²) in [5, 5.41) is 8.82. The number of ether oxygens (including phenoxy) is 1. The van der Waals surface area contributed by atoms with E-state index in [1.54, 1.807) is 18.2 Å². The van der Waals surface area contributed by atoms with Crippen molar-refractivity contribution in [2.24, 2.45) is 0 Å². The molecule has 1 aromatic carbocycles. The summed E-state index contributed by atoms with van der Waals surface area (Å²) in [7, 11) is 1.53. The Balaban J connectivity index is 2.96. The van der Waals surface area contributed by atoms with Crippen LogP contribution in [0.4, 0.5) is 5.69 Å². The highest BCUT2D eigenvalue weighted by Crippen LogP contribution is 2.28. The molecule has 0 bridgehead atoms. The molecular formula is C15H21NO4. The summed E-state index contributed by atoms with van der Waals surface area (Å²) in [6.45, 7) is 2.16. The number of carbonyl (C=O) groups is 2. The Hall–Kier alpha value is -2.04. The van der Waals surface area contributed by atoms with Crippen molar-refractivity contribution in [2.45, 2.75) is 32.6 Å². The highest BCUT2D eigenvalue weighted by Gasteiger charge is 2.19. The van der Waals surface area contributed by atoms with Crippen LogP contribution in [0.25, 0.3) is 0 Å². The molecule has 0 saturated heterocycles. The number of hydrogen-bond donors (Lipinski definition) is 1. The second kappa shape index (κ2) is 8.19. The van der Waals surface area contributed by atoms with Crippen molar-refractivity contribution in [1.29, 1.82) is 0 Å². The Morgan fingerprint density at radius 2 is 1.95 bits per heavy atom. The van der Waals surface area contributed by atoms with Gasteiger partial charge in [-0.3, -0.25) is 9.59 Å². The van der Waals surface area contributed by atoms with E-state index in [1.165, 1.54) is 12.0 Å². The van der Waals surface area contributed by atoms with E-state index in [2.05, 4.69) is 0 Å². The second-order valence-corrected chi connectivity index (χ2v) is 4.46. The van der Waals surface area contributed by atoms with Gasteiger partial charge >= 0.3 is 5.97 Å². The van der Waals surface area contributed by atoms with E-state index in [0.717, 1.165) is 12.8 Å². The van der Waals surface area contributed by atoms with Crippen LogP contribution in [0.2, 0.25) is 0 Å². The van der Waals surface area contributed by atoms with Crippen molar-refractivity contribution in [3.63, 3.8) is 0 Å². The minimum absolute atomic E-state index is 0.0717. The van der Waals surface area contributed by atoms with Gasteiger partial charge in [0.1, 0.15) is 5.75 Å². The fourth-order valence-corrected chi connectivity index (χ4v) is 1.90. The number of rotatable bonds is 8. The monoisotopic (exact) mass is 279 g/mol. The number of amides is 1. The summed E-state index contributed by atoms with van der Waals surface area (Å²) < 4.78 is 5.25. The minimum Gasteiger partial charge on any atom is -0.495 e. The summed E-state index contributed by atoms with van der Waals surface area (Å²) >= 11 is 0. The van der Waals surface area contributed by atoms with Crippen LogP contribution in [0.1, 0.15) is 32.6 Å². The van der Waals surface area contributed by atoms with Gasteiger partial charge in [0.25, 0.3) is 0 Å². The third-order valence-corrected chi connectivity index (χ3v) is 2.97. The molecule has 0 aliphatic carbocycles. The number of hydrogen-bond acceptors (Lipinski definition) is 3. The molecule has 0 heterocycles. The van der Waals surface area contributed by atoms with Gasteiger partial charge in [0, 0.05) is 13.0 Å². The number of carbonyl (C=O) groups excluding carboxylic acids is 1. The van der Waals surface area contributed by atoms with E-state index in [4.69, 9.17) is 9.84 Å². The molecule has 0 saturated carbocycles. The SMILES string of the molecule is CCCCC(=O)N(CCC(=O)O)c1ccccc1OC. The molecule has 110 valence electrons. The summed E-state index contributed by atoms with van der Waals surface area (Å²) in [4.78, 5) is 24.5. The number of aliphatic carboxylic acids is 1. The van der Waals surface area contributed by atoms with Gasteiger partial charge in [-0.25, -0.2) is 0 Å². The lowest BCUT2D eigenvalue weighted by molar-refractivity contribution is -0.136. The number of carboxylic acids is 1. The largest absolute Gasteiger partial charge is 0.495 e. The number of carboxylic acid groups (broad SMARTS) is 1. The first-order valence-corrected chi connectivity index (χ1v) is 6.75. The first-order chi connectivity index (χ1) is 9.60. The third-order valence-electron chi connectivity index (χ3n) is 2.97. The molecule has 0 aromatic heterocycles. The van der Waals surface area contributed by atoms with Gasteiger partial charge in [0.2, 0.25) is 5.91 Å². The molecule has 0 atom stereocenters. The number of nitrogens with zero attached hydrogens (tertiary/aromatic N) is 1. The van der Waals surface area contributed by atoms with Crippen LogP contribution < -0.4 is 9.64 Å². The molecule has 1 rings (SSSR count). The third kappa shape index (κ3) is 4.57. The Morgan fingerprint density at radius 3 is 2.55 bits per heavy atom. The maximum absolute atomic E-state index is 12.3. The van der Waals surface area contributed by atoms with Gasteiger partial charge in [0.15, 0.2) is 0 Å². The predicted octanol–water partition coefficient (Wildman–Crippen LogP) is 2.69. The van der Waals surface area contributed by atoms with Gasteiger partial charge in [0.05, 0.1) is 19.2 Å². The van der Waals surface area contributed by atoms with E-state index in [-0.39, 0.29) is 18.9 Å². The average molecular weight is 279 g/mol. The molecule has 0 fully saturated rings. The van der Waals surface area contributed by atoms with Crippen molar-refractivity contribution in [1.82, 2.24) is 0 Å². The van der Waals surface area contributed by atoms with Crippen molar-refractivity contribution >= 4 is 17.6 Å². The van der Waals surface area contributed by atoms with Gasteiger partial charge < -0.3 is 14.7 Å². The summed E-state index contributed by atoms with van der Waals surface area (Å²) in [5.41, 5.74) is 0.623. The normalized spacial score (nSPS) is 10.1. The zero-order valence-corrected chi connectivity index (χ0v) is 12.0. The zero-order valence-electron chi connectivity index (χ0n) is 12.0. The summed E-state index contributed by atoms with van der Waals surface area (Å²) in [6, 6.07) is 7.15. The number of benzene rings is 1. The van der Waals surface area contributed by atoms with Crippen molar-refractivity contribution in [3.05, 3.63) is 24.3 Å². The number of para-hydroxylation sites is 2. The molecule has 20 heavy (non-hydrogen) atoms. The smallest absolute Gasteiger partial charge is 0.305 e. The fourth-order valence-electron chi connectivity index (χ4n) is 1.90. The highest BCUT2D eigenvalue weighted by molar-refractivity contribution is 5.95.